The van der Waals surface area contributed by atoms with Gasteiger partial charge in [0.05, 0.1) is 11.9 Å². The molecular formula is C8H6F3MgO5P. The molecule has 10 heteroatoms. The fraction of sp³-hybridized carbons (Fsp3) is 0. The number of benzene rings is 1. The largest absolute Gasteiger partial charge is 2.00 e. The topological polar surface area (TPSA) is 112 Å². The molecule has 0 spiro atoms. The number of halogens is 3. The molecule has 5 nitrogen and oxygen atoms in total. The summed E-state index contributed by atoms with van der Waals surface area (Å²) in [5.74, 6) is -2.81. The SMILES string of the molecule is FP(F)F.O.O=C([O-])c1cccc(C(=O)[O-])c1.[Mg+2]. The minimum atomic E-state index is -4.12. The van der Waals surface area contributed by atoms with Crippen molar-refractivity contribution in [2.75, 3.05) is 0 Å². The van der Waals surface area contributed by atoms with Gasteiger partial charge in [0.1, 0.15) is 0 Å². The Morgan fingerprint density at radius 3 is 1.50 bits per heavy atom. The van der Waals surface area contributed by atoms with E-state index >= 15 is 0 Å². The second-order valence-electron chi connectivity index (χ2n) is 2.35. The van der Waals surface area contributed by atoms with Crippen LogP contribution >= 0.6 is 8.85 Å². The van der Waals surface area contributed by atoms with E-state index in [0.29, 0.717) is 0 Å². The second-order valence-corrected chi connectivity index (χ2v) is 2.73. The fourth-order valence-corrected chi connectivity index (χ4v) is 0.773. The Kier molecular flexibility index (Phi) is 13.9. The molecule has 1 aromatic carbocycles. The van der Waals surface area contributed by atoms with Gasteiger partial charge in [0.2, 0.25) is 0 Å². The summed E-state index contributed by atoms with van der Waals surface area (Å²) in [7, 11) is -4.12. The predicted molar refractivity (Wildman–Crippen MR) is 54.7 cm³/mol. The molecule has 0 saturated heterocycles. The molecule has 0 atom stereocenters. The standard InChI is InChI=1S/C8H6O4.F3P.Mg.H2O/c9-7(10)5-2-1-3-6(4-5)8(11)12;1-4(2)3;;/h1-4H,(H,9,10)(H,11,12);;;1H2/q;;+2;/p-2. The van der Waals surface area contributed by atoms with Gasteiger partial charge in [-0.2, -0.15) is 12.6 Å². The molecule has 1 rings (SSSR count). The first-order chi connectivity index (χ1) is 7.34. The number of hydrogen-bond donors (Lipinski definition) is 0. The molecule has 2 N–H and O–H groups in total. The molecule has 96 valence electrons. The quantitative estimate of drug-likeness (QED) is 0.532. The Balaban J connectivity index is -0.000000332. The zero-order chi connectivity index (χ0) is 12.7. The molecule has 0 bridgehead atoms. The van der Waals surface area contributed by atoms with Gasteiger partial charge in [-0.3, -0.25) is 0 Å². The molecule has 1 aromatic rings. The van der Waals surface area contributed by atoms with Crippen LogP contribution in [-0.4, -0.2) is 40.5 Å². The third-order valence-corrected chi connectivity index (χ3v) is 1.33. The second kappa shape index (κ2) is 11.2. The van der Waals surface area contributed by atoms with Crippen molar-refractivity contribution in [1.82, 2.24) is 0 Å². The molecule has 0 fully saturated rings. The molecule has 0 aliphatic heterocycles. The predicted octanol–water partition coefficient (Wildman–Crippen LogP) is -0.670. The van der Waals surface area contributed by atoms with Gasteiger partial charge in [-0.1, -0.05) is 18.2 Å². The van der Waals surface area contributed by atoms with Gasteiger partial charge in [0, 0.05) is 0 Å². The van der Waals surface area contributed by atoms with Crippen LogP contribution in [0.1, 0.15) is 20.7 Å². The molecule has 0 aliphatic rings. The molecule has 0 saturated carbocycles. The number of carbonyl (C=O) groups is 2. The van der Waals surface area contributed by atoms with Crippen LogP contribution in [0.2, 0.25) is 0 Å². The van der Waals surface area contributed by atoms with Crippen molar-refractivity contribution in [2.45, 2.75) is 0 Å². The monoisotopic (exact) mass is 294 g/mol. The van der Waals surface area contributed by atoms with Crippen LogP contribution < -0.4 is 10.2 Å². The van der Waals surface area contributed by atoms with Crippen LogP contribution in [0.3, 0.4) is 0 Å². The number of carboxylic acids is 2. The molecule has 0 radical (unpaired) electrons. The first-order valence-corrected chi connectivity index (χ1v) is 4.66. The normalized spacial score (nSPS) is 8.22. The van der Waals surface area contributed by atoms with E-state index in [1.54, 1.807) is 0 Å². The van der Waals surface area contributed by atoms with E-state index < -0.39 is 20.8 Å². The molecule has 0 amide bonds. The van der Waals surface area contributed by atoms with Gasteiger partial charge in [-0.05, 0) is 17.2 Å². The summed E-state index contributed by atoms with van der Waals surface area (Å²) in [6.07, 6.45) is 0. The molecule has 18 heavy (non-hydrogen) atoms. The first kappa shape index (κ1) is 22.3. The number of rotatable bonds is 2. The number of aromatic carboxylic acids is 2. The number of carbonyl (C=O) groups excluding carboxylic acids is 2. The van der Waals surface area contributed by atoms with Crippen LogP contribution in [0.4, 0.5) is 12.6 Å². The van der Waals surface area contributed by atoms with Gasteiger partial charge < -0.3 is 25.3 Å². The number of hydrogen-bond acceptors (Lipinski definition) is 4. The molecular weight excluding hydrogens is 288 g/mol. The Bertz CT molecular complexity index is 359. The molecule has 0 unspecified atom stereocenters. The van der Waals surface area contributed by atoms with E-state index in [0.717, 1.165) is 6.07 Å². The Labute approximate surface area is 117 Å². The zero-order valence-electron chi connectivity index (χ0n) is 8.73. The van der Waals surface area contributed by atoms with Gasteiger partial charge in [0.15, 0.2) is 0 Å². The van der Waals surface area contributed by atoms with Crippen LogP contribution in [0.25, 0.3) is 0 Å². The summed E-state index contributed by atoms with van der Waals surface area (Å²) in [5, 5.41) is 20.5. The van der Waals surface area contributed by atoms with Crippen LogP contribution in [0.15, 0.2) is 24.3 Å². The summed E-state index contributed by atoms with van der Waals surface area (Å²) in [5.41, 5.74) is -0.339. The average molecular weight is 294 g/mol. The molecule has 0 aromatic heterocycles. The van der Waals surface area contributed by atoms with Crippen LogP contribution in [0, 0.1) is 0 Å². The van der Waals surface area contributed by atoms with Gasteiger partial charge in [-0.25, -0.2) is 0 Å². The maximum absolute atomic E-state index is 10.3. The smallest absolute Gasteiger partial charge is 0.545 e. The average Bonchev–Trinajstić information content (AvgIpc) is 2.17. The molecule has 0 aliphatic carbocycles. The Morgan fingerprint density at radius 1 is 1.00 bits per heavy atom. The van der Waals surface area contributed by atoms with Crippen molar-refractivity contribution >= 4 is 43.8 Å². The van der Waals surface area contributed by atoms with Gasteiger partial charge in [0.25, 0.3) is 0 Å². The van der Waals surface area contributed by atoms with E-state index in [4.69, 9.17) is 0 Å². The van der Waals surface area contributed by atoms with Crippen molar-refractivity contribution in [3.05, 3.63) is 35.4 Å². The van der Waals surface area contributed by atoms with Gasteiger partial charge >= 0.3 is 31.9 Å². The molecule has 0 heterocycles. The van der Waals surface area contributed by atoms with Crippen LogP contribution in [0.5, 0.6) is 0 Å². The summed E-state index contributed by atoms with van der Waals surface area (Å²) in [6.45, 7) is 0. The minimum absolute atomic E-state index is 0. The van der Waals surface area contributed by atoms with E-state index in [-0.39, 0.29) is 39.7 Å². The summed E-state index contributed by atoms with van der Waals surface area (Å²) < 4.78 is 29.2. The maximum Gasteiger partial charge on any atom is 2.00 e. The van der Waals surface area contributed by atoms with E-state index in [9.17, 15) is 32.4 Å². The third kappa shape index (κ3) is 10.3. The van der Waals surface area contributed by atoms with Gasteiger partial charge in [-0.15, -0.1) is 0 Å². The fourth-order valence-electron chi connectivity index (χ4n) is 0.773. The first-order valence-electron chi connectivity index (χ1n) is 3.64. The summed E-state index contributed by atoms with van der Waals surface area (Å²) >= 11 is 0. The van der Waals surface area contributed by atoms with E-state index in [2.05, 4.69) is 0 Å². The van der Waals surface area contributed by atoms with Crippen molar-refractivity contribution < 1.29 is 37.9 Å². The van der Waals surface area contributed by atoms with Crippen LogP contribution in [-0.2, 0) is 0 Å². The maximum atomic E-state index is 10.3. The van der Waals surface area contributed by atoms with E-state index in [1.165, 1.54) is 18.2 Å². The Morgan fingerprint density at radius 2 is 1.28 bits per heavy atom. The van der Waals surface area contributed by atoms with Crippen molar-refractivity contribution in [1.29, 1.82) is 0 Å². The van der Waals surface area contributed by atoms with Crippen molar-refractivity contribution in [2.24, 2.45) is 0 Å². The van der Waals surface area contributed by atoms with Crippen molar-refractivity contribution in [3.8, 4) is 0 Å². The minimum Gasteiger partial charge on any atom is -0.545 e. The number of carboxylic acid groups (broad SMARTS) is 2. The van der Waals surface area contributed by atoms with E-state index in [1.807, 2.05) is 0 Å². The summed E-state index contributed by atoms with van der Waals surface area (Å²) in [4.78, 5) is 20.5. The third-order valence-electron chi connectivity index (χ3n) is 1.33. The zero-order valence-corrected chi connectivity index (χ0v) is 11.0. The van der Waals surface area contributed by atoms with Crippen molar-refractivity contribution in [3.63, 3.8) is 0 Å². The Hall–Kier alpha value is -0.894. The summed E-state index contributed by atoms with van der Waals surface area (Å²) in [6, 6.07) is 4.81.